The van der Waals surface area contributed by atoms with Gasteiger partial charge in [-0.05, 0) is 23.8 Å². The number of hydrogen-bond donors (Lipinski definition) is 0. The molecular weight excluding hydrogens is 405 g/mol. The summed E-state index contributed by atoms with van der Waals surface area (Å²) in [6.45, 7) is 1.38. The Kier molecular flexibility index (Phi) is 6.22. The molecule has 0 bridgehead atoms. The van der Waals surface area contributed by atoms with Gasteiger partial charge in [0.2, 0.25) is 10.0 Å². The van der Waals surface area contributed by atoms with Crippen LogP contribution in [0.4, 0.5) is 9.18 Å². The molecule has 28 heavy (non-hydrogen) atoms. The van der Waals surface area contributed by atoms with E-state index < -0.39 is 15.8 Å². The molecule has 0 aliphatic carbocycles. The van der Waals surface area contributed by atoms with E-state index >= 15 is 0 Å². The first kappa shape index (κ1) is 20.6. The molecule has 0 radical (unpaired) electrons. The molecule has 2 amide bonds. The third-order valence-electron chi connectivity index (χ3n) is 4.63. The third kappa shape index (κ3) is 4.45. The number of benzene rings is 2. The molecule has 0 aromatic heterocycles. The van der Waals surface area contributed by atoms with Gasteiger partial charge in [-0.3, -0.25) is 0 Å². The molecule has 1 heterocycles. The van der Waals surface area contributed by atoms with Gasteiger partial charge in [-0.2, -0.15) is 4.31 Å². The van der Waals surface area contributed by atoms with Crippen molar-refractivity contribution in [3.63, 3.8) is 0 Å². The molecule has 0 N–H and O–H groups in total. The number of urea groups is 1. The number of carbonyl (C=O) groups is 1. The van der Waals surface area contributed by atoms with Crippen LogP contribution in [0.25, 0.3) is 0 Å². The zero-order valence-corrected chi connectivity index (χ0v) is 17.0. The maximum absolute atomic E-state index is 13.3. The average molecular weight is 426 g/mol. The molecular formula is C19H21ClFN3O3S. The standard InChI is InChI=1S/C19H21ClFN3O3S/c1-22(14-15-5-3-2-4-6-15)19(25)23-9-11-24(12-10-23)28(26,27)16-7-8-18(21)17(20)13-16/h2-8,13H,9-12,14H2,1H3. The second-order valence-electron chi connectivity index (χ2n) is 6.59. The first-order valence-corrected chi connectivity index (χ1v) is 10.6. The van der Waals surface area contributed by atoms with Crippen molar-refractivity contribution in [1.29, 1.82) is 0 Å². The van der Waals surface area contributed by atoms with E-state index in [9.17, 15) is 17.6 Å². The van der Waals surface area contributed by atoms with Gasteiger partial charge in [-0.1, -0.05) is 41.9 Å². The van der Waals surface area contributed by atoms with E-state index in [2.05, 4.69) is 0 Å². The third-order valence-corrected chi connectivity index (χ3v) is 6.81. The van der Waals surface area contributed by atoms with Gasteiger partial charge in [0, 0.05) is 39.8 Å². The van der Waals surface area contributed by atoms with Crippen LogP contribution in [-0.2, 0) is 16.6 Å². The summed E-state index contributed by atoms with van der Waals surface area (Å²) in [5.74, 6) is -0.669. The van der Waals surface area contributed by atoms with E-state index in [-0.39, 0.29) is 42.1 Å². The maximum Gasteiger partial charge on any atom is 0.320 e. The molecule has 6 nitrogen and oxygen atoms in total. The Hall–Kier alpha value is -2.16. The molecule has 3 rings (SSSR count). The van der Waals surface area contributed by atoms with E-state index in [1.807, 2.05) is 30.3 Å². The molecule has 0 unspecified atom stereocenters. The summed E-state index contributed by atoms with van der Waals surface area (Å²) in [5, 5.41) is -0.238. The highest BCUT2D eigenvalue weighted by molar-refractivity contribution is 7.89. The highest BCUT2D eigenvalue weighted by Crippen LogP contribution is 2.23. The summed E-state index contributed by atoms with van der Waals surface area (Å²) < 4.78 is 40.1. The summed E-state index contributed by atoms with van der Waals surface area (Å²) in [4.78, 5) is 15.8. The molecule has 1 fully saturated rings. The summed E-state index contributed by atoms with van der Waals surface area (Å²) in [6.07, 6.45) is 0. The summed E-state index contributed by atoms with van der Waals surface area (Å²) in [6, 6.07) is 12.8. The lowest BCUT2D eigenvalue weighted by molar-refractivity contribution is 0.140. The number of rotatable bonds is 4. The van der Waals surface area contributed by atoms with Crippen molar-refractivity contribution in [3.8, 4) is 0 Å². The molecule has 2 aromatic rings. The fourth-order valence-electron chi connectivity index (χ4n) is 3.07. The number of sulfonamides is 1. The van der Waals surface area contributed by atoms with Crippen molar-refractivity contribution in [2.24, 2.45) is 0 Å². The lowest BCUT2D eigenvalue weighted by atomic mass is 10.2. The van der Waals surface area contributed by atoms with Gasteiger partial charge in [-0.25, -0.2) is 17.6 Å². The Labute approximate surface area is 169 Å². The van der Waals surface area contributed by atoms with Gasteiger partial charge in [0.25, 0.3) is 0 Å². The van der Waals surface area contributed by atoms with Crippen molar-refractivity contribution < 1.29 is 17.6 Å². The maximum atomic E-state index is 13.3. The first-order chi connectivity index (χ1) is 13.3. The Balaban J connectivity index is 1.61. The lowest BCUT2D eigenvalue weighted by Gasteiger charge is -2.36. The van der Waals surface area contributed by atoms with Crippen molar-refractivity contribution >= 4 is 27.7 Å². The minimum absolute atomic E-state index is 0.0557. The summed E-state index contributed by atoms with van der Waals surface area (Å²) in [7, 11) is -2.07. The smallest absolute Gasteiger partial charge is 0.320 e. The van der Waals surface area contributed by atoms with E-state index in [0.29, 0.717) is 6.54 Å². The zero-order chi connectivity index (χ0) is 20.3. The topological polar surface area (TPSA) is 60.9 Å². The Morgan fingerprint density at radius 2 is 1.75 bits per heavy atom. The first-order valence-electron chi connectivity index (χ1n) is 8.78. The van der Waals surface area contributed by atoms with Crippen LogP contribution in [0.15, 0.2) is 53.4 Å². The van der Waals surface area contributed by atoms with E-state index in [4.69, 9.17) is 11.6 Å². The van der Waals surface area contributed by atoms with Crippen molar-refractivity contribution in [1.82, 2.24) is 14.1 Å². The van der Waals surface area contributed by atoms with Crippen molar-refractivity contribution in [2.75, 3.05) is 33.2 Å². The summed E-state index contributed by atoms with van der Waals surface area (Å²) >= 11 is 5.71. The predicted octanol–water partition coefficient (Wildman–Crippen LogP) is 3.04. The fraction of sp³-hybridized carbons (Fsp3) is 0.316. The van der Waals surface area contributed by atoms with Gasteiger partial charge >= 0.3 is 6.03 Å². The number of amides is 2. The van der Waals surface area contributed by atoms with Crippen LogP contribution < -0.4 is 0 Å². The molecule has 1 aliphatic rings. The van der Waals surface area contributed by atoms with Gasteiger partial charge in [-0.15, -0.1) is 0 Å². The van der Waals surface area contributed by atoms with Gasteiger partial charge < -0.3 is 9.80 Å². The number of hydrogen-bond acceptors (Lipinski definition) is 3. The predicted molar refractivity (Wildman–Crippen MR) is 105 cm³/mol. The average Bonchev–Trinajstić information content (AvgIpc) is 2.70. The number of nitrogens with zero attached hydrogens (tertiary/aromatic N) is 3. The Bertz CT molecular complexity index is 948. The van der Waals surface area contributed by atoms with Gasteiger partial charge in [0.05, 0.1) is 9.92 Å². The zero-order valence-electron chi connectivity index (χ0n) is 15.4. The van der Waals surface area contributed by atoms with Crippen LogP contribution in [0, 0.1) is 5.82 Å². The SMILES string of the molecule is CN(Cc1ccccc1)C(=O)N1CCN(S(=O)(=O)c2ccc(F)c(Cl)c2)CC1. The number of piperazine rings is 1. The molecule has 1 saturated heterocycles. The largest absolute Gasteiger partial charge is 0.323 e. The number of carbonyl (C=O) groups excluding carboxylic acids is 1. The van der Waals surface area contributed by atoms with Crippen LogP contribution >= 0.6 is 11.6 Å². The van der Waals surface area contributed by atoms with Crippen LogP contribution in [0.2, 0.25) is 5.02 Å². The Morgan fingerprint density at radius 1 is 1.11 bits per heavy atom. The summed E-state index contributed by atoms with van der Waals surface area (Å²) in [5.41, 5.74) is 1.02. The molecule has 2 aromatic carbocycles. The minimum atomic E-state index is -3.79. The van der Waals surface area contributed by atoms with Crippen LogP contribution in [0.3, 0.4) is 0 Å². The van der Waals surface area contributed by atoms with E-state index in [1.165, 1.54) is 10.4 Å². The lowest BCUT2D eigenvalue weighted by Crippen LogP contribution is -2.53. The van der Waals surface area contributed by atoms with Crippen LogP contribution in [0.5, 0.6) is 0 Å². The fourth-order valence-corrected chi connectivity index (χ4v) is 4.77. The highest BCUT2D eigenvalue weighted by atomic mass is 35.5. The Morgan fingerprint density at radius 3 is 2.36 bits per heavy atom. The van der Waals surface area contributed by atoms with Crippen LogP contribution in [0.1, 0.15) is 5.56 Å². The molecule has 1 aliphatic heterocycles. The van der Waals surface area contributed by atoms with Crippen molar-refractivity contribution in [3.05, 3.63) is 64.9 Å². The quantitative estimate of drug-likeness (QED) is 0.756. The van der Waals surface area contributed by atoms with E-state index in [1.54, 1.807) is 16.8 Å². The van der Waals surface area contributed by atoms with Crippen molar-refractivity contribution in [2.45, 2.75) is 11.4 Å². The van der Waals surface area contributed by atoms with E-state index in [0.717, 1.165) is 17.7 Å². The monoisotopic (exact) mass is 425 g/mol. The molecule has 9 heteroatoms. The van der Waals surface area contributed by atoms with Gasteiger partial charge in [0.15, 0.2) is 0 Å². The molecule has 0 saturated carbocycles. The highest BCUT2D eigenvalue weighted by Gasteiger charge is 2.31. The van der Waals surface area contributed by atoms with Gasteiger partial charge in [0.1, 0.15) is 5.82 Å². The minimum Gasteiger partial charge on any atom is -0.323 e. The van der Waals surface area contributed by atoms with Crippen LogP contribution in [-0.4, -0.2) is 61.8 Å². The second kappa shape index (κ2) is 8.46. The molecule has 150 valence electrons. The number of halogens is 2. The second-order valence-corrected chi connectivity index (χ2v) is 8.94. The normalized spacial score (nSPS) is 15.5. The molecule has 0 spiro atoms. The molecule has 0 atom stereocenters.